The lowest BCUT2D eigenvalue weighted by Crippen LogP contribution is -2.36. The van der Waals surface area contributed by atoms with Gasteiger partial charge in [-0.05, 0) is 24.1 Å². The van der Waals surface area contributed by atoms with E-state index in [1.54, 1.807) is 26.4 Å². The molecule has 0 amide bonds. The Bertz CT molecular complexity index is 686. The molecule has 2 rings (SSSR count). The van der Waals surface area contributed by atoms with Gasteiger partial charge in [0.1, 0.15) is 12.2 Å². The third kappa shape index (κ3) is 6.35. The topological polar surface area (TPSA) is 60.3 Å². The van der Waals surface area contributed by atoms with E-state index in [-0.39, 0.29) is 0 Å². The van der Waals surface area contributed by atoms with Crippen LogP contribution in [0.5, 0.6) is 0 Å². The van der Waals surface area contributed by atoms with Gasteiger partial charge in [0.2, 0.25) is 0 Å². The van der Waals surface area contributed by atoms with E-state index in [9.17, 15) is 5.21 Å². The fraction of sp³-hybridized carbons (Fsp3) is 0.286. The maximum atomic E-state index is 9.26. The number of benzene rings is 2. The third-order valence-corrected chi connectivity index (χ3v) is 3.83. The average Bonchev–Trinajstić information content (AvgIpc) is 2.70. The Balaban J connectivity index is 2.10. The Kier molecular flexibility index (Phi) is 8.39. The maximum Gasteiger partial charge on any atom is 0.129 e. The molecule has 0 unspecified atom stereocenters. The molecule has 0 spiro atoms. The summed E-state index contributed by atoms with van der Waals surface area (Å²) in [7, 11) is 1.57. The van der Waals surface area contributed by atoms with Crippen molar-refractivity contribution in [2.45, 2.75) is 32.3 Å². The molecule has 0 fully saturated rings. The van der Waals surface area contributed by atoms with Crippen LogP contribution < -0.4 is 0 Å². The van der Waals surface area contributed by atoms with Crippen LogP contribution in [0.15, 0.2) is 78.2 Å². The van der Waals surface area contributed by atoms with Crippen molar-refractivity contribution in [3.05, 3.63) is 84.1 Å². The van der Waals surface area contributed by atoms with Gasteiger partial charge in [0, 0.05) is 0 Å². The zero-order valence-corrected chi connectivity index (χ0v) is 15.1. The molecule has 0 saturated heterocycles. The number of oxime groups is 1. The highest BCUT2D eigenvalue weighted by atomic mass is 16.5. The van der Waals surface area contributed by atoms with Gasteiger partial charge in [-0.3, -0.25) is 0 Å². The van der Waals surface area contributed by atoms with Gasteiger partial charge in [0.15, 0.2) is 0 Å². The van der Waals surface area contributed by atoms with Gasteiger partial charge < -0.3 is 19.4 Å². The first-order valence-electron chi connectivity index (χ1n) is 8.43. The van der Waals surface area contributed by atoms with E-state index in [1.807, 2.05) is 60.7 Å². The Morgan fingerprint density at radius 2 is 1.50 bits per heavy atom. The molecule has 26 heavy (non-hydrogen) atoms. The molecule has 0 aliphatic carbocycles. The molecule has 0 aliphatic heterocycles. The van der Waals surface area contributed by atoms with Crippen LogP contribution in [0, 0.1) is 0 Å². The summed E-state index contributed by atoms with van der Waals surface area (Å²) in [6, 6.07) is 19.7. The van der Waals surface area contributed by atoms with Crippen molar-refractivity contribution in [1.29, 1.82) is 0 Å². The number of rotatable bonds is 10. The minimum Gasteiger partial charge on any atom is -0.505 e. The van der Waals surface area contributed by atoms with E-state index in [0.717, 1.165) is 11.1 Å². The third-order valence-electron chi connectivity index (χ3n) is 3.83. The Morgan fingerprint density at radius 1 is 0.962 bits per heavy atom. The number of methoxy groups -OCH3 is 1. The first kappa shape index (κ1) is 19.7. The molecule has 2 atom stereocenters. The van der Waals surface area contributed by atoms with Crippen LogP contribution >= 0.6 is 0 Å². The van der Waals surface area contributed by atoms with Crippen molar-refractivity contribution in [3.8, 4) is 0 Å². The van der Waals surface area contributed by atoms with E-state index >= 15 is 0 Å². The van der Waals surface area contributed by atoms with Gasteiger partial charge in [-0.2, -0.15) is 0 Å². The largest absolute Gasteiger partial charge is 0.505 e. The fourth-order valence-electron chi connectivity index (χ4n) is 2.44. The summed E-state index contributed by atoms with van der Waals surface area (Å²) in [5.41, 5.74) is 2.50. The minimum absolute atomic E-state index is 0.379. The number of nitrogens with zero attached hydrogens (tertiary/aromatic N) is 1. The molecule has 0 saturated carbocycles. The predicted octanol–water partition coefficient (Wildman–Crippen LogP) is 4.17. The molecule has 138 valence electrons. The highest BCUT2D eigenvalue weighted by molar-refractivity contribution is 5.86. The molecule has 0 bridgehead atoms. The Hall–Kier alpha value is -2.63. The summed E-state index contributed by atoms with van der Waals surface area (Å²) in [4.78, 5) is 0. The summed E-state index contributed by atoms with van der Waals surface area (Å²) in [5.74, 6) is 0. The van der Waals surface area contributed by atoms with Gasteiger partial charge in [-0.1, -0.05) is 65.8 Å². The van der Waals surface area contributed by atoms with Gasteiger partial charge in [0.05, 0.1) is 32.3 Å². The summed E-state index contributed by atoms with van der Waals surface area (Å²) in [6.45, 7) is 2.49. The molecular weight excluding hydrogens is 330 g/mol. The number of hydrogen-bond donors (Lipinski definition) is 1. The minimum atomic E-state index is -0.546. The molecule has 0 radical (unpaired) electrons. The lowest BCUT2D eigenvalue weighted by molar-refractivity contribution is -0.0351. The van der Waals surface area contributed by atoms with Crippen LogP contribution in [0.4, 0.5) is 0 Å². The van der Waals surface area contributed by atoms with Crippen LogP contribution in [0.2, 0.25) is 0 Å². The smallest absolute Gasteiger partial charge is 0.129 e. The lowest BCUT2D eigenvalue weighted by Gasteiger charge is -2.25. The van der Waals surface area contributed by atoms with E-state index < -0.39 is 12.2 Å². The summed E-state index contributed by atoms with van der Waals surface area (Å²) in [5, 5.41) is 12.6. The van der Waals surface area contributed by atoms with Crippen molar-refractivity contribution < 1.29 is 19.4 Å². The second-order valence-electron chi connectivity index (χ2n) is 5.78. The van der Waals surface area contributed by atoms with E-state index in [0.29, 0.717) is 18.9 Å². The molecule has 5 nitrogen and oxygen atoms in total. The van der Waals surface area contributed by atoms with Crippen molar-refractivity contribution in [2.75, 3.05) is 7.11 Å². The molecule has 2 aromatic rings. The summed E-state index contributed by atoms with van der Waals surface area (Å²) < 4.78 is 17.1. The van der Waals surface area contributed by atoms with Crippen molar-refractivity contribution in [3.63, 3.8) is 0 Å². The van der Waals surface area contributed by atoms with Crippen LogP contribution in [-0.4, -0.2) is 30.2 Å². The Morgan fingerprint density at radius 3 is 2.00 bits per heavy atom. The molecule has 0 aliphatic rings. The SMILES string of the molecule is CO/C=C/[C@H](OCc1ccccc1)[C@@H](OCc1ccccc1)/C(C)=N/O. The lowest BCUT2D eigenvalue weighted by atomic mass is 10.1. The first-order chi connectivity index (χ1) is 12.7. The van der Waals surface area contributed by atoms with E-state index in [2.05, 4.69) is 5.16 Å². The molecule has 0 heterocycles. The molecule has 5 heteroatoms. The van der Waals surface area contributed by atoms with Crippen LogP contribution in [0.25, 0.3) is 0 Å². The zero-order valence-electron chi connectivity index (χ0n) is 15.1. The van der Waals surface area contributed by atoms with Gasteiger partial charge in [-0.25, -0.2) is 0 Å². The van der Waals surface area contributed by atoms with Crippen molar-refractivity contribution >= 4 is 5.71 Å². The first-order valence-corrected chi connectivity index (χ1v) is 8.43. The average molecular weight is 355 g/mol. The highest BCUT2D eigenvalue weighted by Gasteiger charge is 2.25. The zero-order chi connectivity index (χ0) is 18.6. The van der Waals surface area contributed by atoms with Crippen LogP contribution in [-0.2, 0) is 27.4 Å². The summed E-state index contributed by atoms with van der Waals surface area (Å²) >= 11 is 0. The molecular formula is C21H25NO4. The van der Waals surface area contributed by atoms with Crippen molar-refractivity contribution in [2.24, 2.45) is 5.16 Å². The normalized spacial score (nSPS) is 14.3. The summed E-state index contributed by atoms with van der Waals surface area (Å²) in [6.07, 6.45) is 2.29. The maximum absolute atomic E-state index is 9.26. The van der Waals surface area contributed by atoms with Gasteiger partial charge >= 0.3 is 0 Å². The van der Waals surface area contributed by atoms with E-state index in [1.165, 1.54) is 0 Å². The van der Waals surface area contributed by atoms with E-state index in [4.69, 9.17) is 14.2 Å². The standard InChI is InChI=1S/C21H25NO4/c1-17(22-23)21(26-16-19-11-7-4-8-12-19)20(13-14-24-2)25-15-18-9-5-3-6-10-18/h3-14,20-21,23H,15-16H2,1-2H3/b14-13+,22-17+/t20-,21-/m0/s1. The van der Waals surface area contributed by atoms with Crippen LogP contribution in [0.3, 0.4) is 0 Å². The number of hydrogen-bond acceptors (Lipinski definition) is 5. The monoisotopic (exact) mass is 355 g/mol. The molecule has 2 aromatic carbocycles. The quantitative estimate of drug-likeness (QED) is 0.301. The second-order valence-corrected chi connectivity index (χ2v) is 5.78. The molecule has 1 N–H and O–H groups in total. The fourth-order valence-corrected chi connectivity index (χ4v) is 2.44. The second kappa shape index (κ2) is 11.1. The highest BCUT2D eigenvalue weighted by Crippen LogP contribution is 2.15. The Labute approximate surface area is 154 Å². The molecule has 0 aromatic heterocycles. The van der Waals surface area contributed by atoms with Gasteiger partial charge in [-0.15, -0.1) is 0 Å². The van der Waals surface area contributed by atoms with Crippen LogP contribution in [0.1, 0.15) is 18.1 Å². The van der Waals surface area contributed by atoms with Gasteiger partial charge in [0.25, 0.3) is 0 Å². The number of ether oxygens (including phenoxy) is 3. The van der Waals surface area contributed by atoms with Crippen molar-refractivity contribution in [1.82, 2.24) is 0 Å². The predicted molar refractivity (Wildman–Crippen MR) is 101 cm³/mol.